The smallest absolute Gasteiger partial charge is 0.271 e. The summed E-state index contributed by atoms with van der Waals surface area (Å²) in [7, 11) is 0. The zero-order valence-corrected chi connectivity index (χ0v) is 10.3. The number of hydrogen-bond acceptors (Lipinski definition) is 3. The van der Waals surface area contributed by atoms with Gasteiger partial charge >= 0.3 is 0 Å². The summed E-state index contributed by atoms with van der Waals surface area (Å²) >= 11 is 0. The van der Waals surface area contributed by atoms with Crippen molar-refractivity contribution in [1.29, 1.82) is 0 Å². The van der Waals surface area contributed by atoms with Crippen molar-refractivity contribution in [3.05, 3.63) is 46.0 Å². The van der Waals surface area contributed by atoms with E-state index in [0.717, 1.165) is 17.2 Å². The summed E-state index contributed by atoms with van der Waals surface area (Å²) in [6, 6.07) is 5.44. The molecule has 0 spiro atoms. The Balaban J connectivity index is 1.78. The van der Waals surface area contributed by atoms with E-state index in [0.29, 0.717) is 12.0 Å². The van der Waals surface area contributed by atoms with Gasteiger partial charge in [-0.05, 0) is 31.2 Å². The molecule has 0 aromatic heterocycles. The van der Waals surface area contributed by atoms with Crippen molar-refractivity contribution in [1.82, 2.24) is 0 Å². The standard InChI is InChI=1S/C14H16N2O2/c1-9-5-6-11(16(17)18)8-13(9)15-14-7-10-3-2-4-12(10)14/h2,4-6,8,10,12,14-15H,3,7H2,1H3. The van der Waals surface area contributed by atoms with Crippen LogP contribution in [0.25, 0.3) is 0 Å². The first-order valence-electron chi connectivity index (χ1n) is 6.33. The fourth-order valence-corrected chi connectivity index (χ4v) is 2.96. The van der Waals surface area contributed by atoms with Crippen LogP contribution in [0.15, 0.2) is 30.4 Å². The van der Waals surface area contributed by atoms with Gasteiger partial charge in [0.25, 0.3) is 5.69 Å². The fourth-order valence-electron chi connectivity index (χ4n) is 2.96. The minimum absolute atomic E-state index is 0.154. The van der Waals surface area contributed by atoms with Crippen LogP contribution in [0.1, 0.15) is 18.4 Å². The monoisotopic (exact) mass is 244 g/mol. The molecule has 0 bridgehead atoms. The molecule has 0 saturated heterocycles. The fraction of sp³-hybridized carbons (Fsp3) is 0.429. The molecule has 1 aromatic carbocycles. The van der Waals surface area contributed by atoms with Gasteiger partial charge in [-0.25, -0.2) is 0 Å². The summed E-state index contributed by atoms with van der Waals surface area (Å²) in [6.45, 7) is 1.98. The van der Waals surface area contributed by atoms with Crippen molar-refractivity contribution in [2.45, 2.75) is 25.8 Å². The van der Waals surface area contributed by atoms with Crippen LogP contribution < -0.4 is 5.32 Å². The number of nitro groups is 1. The second-order valence-corrected chi connectivity index (χ2v) is 5.24. The Kier molecular flexibility index (Phi) is 2.58. The zero-order chi connectivity index (χ0) is 12.7. The molecular formula is C14H16N2O2. The molecule has 0 radical (unpaired) electrons. The maximum Gasteiger partial charge on any atom is 0.271 e. The predicted octanol–water partition coefficient (Wildman–Crippen LogP) is 3.28. The third-order valence-corrected chi connectivity index (χ3v) is 4.14. The van der Waals surface area contributed by atoms with Crippen molar-refractivity contribution in [2.75, 3.05) is 5.32 Å². The Labute approximate surface area is 106 Å². The number of nitro benzene ring substituents is 1. The molecule has 4 nitrogen and oxygen atoms in total. The first-order chi connectivity index (χ1) is 8.65. The lowest BCUT2D eigenvalue weighted by molar-refractivity contribution is -0.384. The van der Waals surface area contributed by atoms with Gasteiger partial charge in [-0.15, -0.1) is 0 Å². The highest BCUT2D eigenvalue weighted by Gasteiger charge is 2.41. The van der Waals surface area contributed by atoms with Crippen LogP contribution in [0.5, 0.6) is 0 Å². The number of benzene rings is 1. The summed E-state index contributed by atoms with van der Waals surface area (Å²) in [5.41, 5.74) is 2.11. The third-order valence-electron chi connectivity index (χ3n) is 4.14. The summed E-state index contributed by atoms with van der Waals surface area (Å²) in [4.78, 5) is 10.4. The van der Waals surface area contributed by atoms with Crippen molar-refractivity contribution in [3.8, 4) is 0 Å². The van der Waals surface area contributed by atoms with E-state index < -0.39 is 0 Å². The second-order valence-electron chi connectivity index (χ2n) is 5.24. The van der Waals surface area contributed by atoms with Gasteiger partial charge in [0.05, 0.1) is 4.92 Å². The number of aryl methyl sites for hydroxylation is 1. The SMILES string of the molecule is Cc1ccc([N+](=O)[O-])cc1NC1CC2CC=CC21. The lowest BCUT2D eigenvalue weighted by atomic mass is 9.71. The van der Waals surface area contributed by atoms with Gasteiger partial charge in [-0.1, -0.05) is 18.2 Å². The lowest BCUT2D eigenvalue weighted by Crippen LogP contribution is -2.43. The topological polar surface area (TPSA) is 55.2 Å². The highest BCUT2D eigenvalue weighted by atomic mass is 16.6. The normalized spacial score (nSPS) is 28.6. The van der Waals surface area contributed by atoms with Gasteiger partial charge in [-0.2, -0.15) is 0 Å². The Morgan fingerprint density at radius 2 is 2.28 bits per heavy atom. The predicted molar refractivity (Wildman–Crippen MR) is 70.6 cm³/mol. The van der Waals surface area contributed by atoms with Gasteiger partial charge in [0, 0.05) is 29.8 Å². The Morgan fingerprint density at radius 1 is 1.44 bits per heavy atom. The molecule has 3 unspecified atom stereocenters. The Morgan fingerprint density at radius 3 is 3.00 bits per heavy atom. The van der Waals surface area contributed by atoms with E-state index in [-0.39, 0.29) is 10.6 Å². The van der Waals surface area contributed by atoms with Gasteiger partial charge in [0.2, 0.25) is 0 Å². The number of non-ortho nitro benzene ring substituents is 1. The molecule has 2 aliphatic carbocycles. The molecule has 0 heterocycles. The van der Waals surface area contributed by atoms with Crippen LogP contribution in [0.3, 0.4) is 0 Å². The maximum absolute atomic E-state index is 10.8. The summed E-state index contributed by atoms with van der Waals surface area (Å²) in [6.07, 6.45) is 6.88. The average Bonchev–Trinajstić information content (AvgIpc) is 2.69. The molecule has 1 saturated carbocycles. The zero-order valence-electron chi connectivity index (χ0n) is 10.3. The van der Waals surface area contributed by atoms with Crippen LogP contribution in [0.4, 0.5) is 11.4 Å². The summed E-state index contributed by atoms with van der Waals surface area (Å²) < 4.78 is 0. The van der Waals surface area contributed by atoms with E-state index in [1.54, 1.807) is 18.2 Å². The second kappa shape index (κ2) is 4.12. The van der Waals surface area contributed by atoms with E-state index in [1.165, 1.54) is 12.8 Å². The molecular weight excluding hydrogens is 228 g/mol. The molecule has 4 heteroatoms. The van der Waals surface area contributed by atoms with Crippen LogP contribution in [0, 0.1) is 28.9 Å². The minimum atomic E-state index is -0.344. The van der Waals surface area contributed by atoms with Crippen LogP contribution in [0.2, 0.25) is 0 Å². The number of allylic oxidation sites excluding steroid dienone is 1. The molecule has 1 N–H and O–H groups in total. The number of hydrogen-bond donors (Lipinski definition) is 1. The highest BCUT2D eigenvalue weighted by molar-refractivity contribution is 5.57. The third kappa shape index (κ3) is 1.78. The quantitative estimate of drug-likeness (QED) is 0.504. The van der Waals surface area contributed by atoms with Gasteiger partial charge in [0.15, 0.2) is 0 Å². The summed E-state index contributed by atoms with van der Waals surface area (Å²) in [5, 5.41) is 14.2. The first-order valence-corrected chi connectivity index (χ1v) is 6.33. The number of fused-ring (bicyclic) bond motifs is 1. The molecule has 1 fully saturated rings. The highest BCUT2D eigenvalue weighted by Crippen LogP contribution is 2.44. The van der Waals surface area contributed by atoms with Gasteiger partial charge < -0.3 is 5.32 Å². The van der Waals surface area contributed by atoms with Gasteiger partial charge in [-0.3, -0.25) is 10.1 Å². The number of nitrogens with zero attached hydrogens (tertiary/aromatic N) is 1. The van der Waals surface area contributed by atoms with Gasteiger partial charge in [0.1, 0.15) is 0 Å². The molecule has 1 aromatic rings. The number of anilines is 1. The largest absolute Gasteiger partial charge is 0.381 e. The minimum Gasteiger partial charge on any atom is -0.381 e. The average molecular weight is 244 g/mol. The molecule has 3 atom stereocenters. The van der Waals surface area contributed by atoms with E-state index in [9.17, 15) is 10.1 Å². The first kappa shape index (κ1) is 11.3. The molecule has 2 aliphatic rings. The Hall–Kier alpha value is -1.84. The van der Waals surface area contributed by atoms with Crippen LogP contribution >= 0.6 is 0 Å². The molecule has 3 rings (SSSR count). The van der Waals surface area contributed by atoms with Crippen molar-refractivity contribution in [3.63, 3.8) is 0 Å². The molecule has 0 amide bonds. The summed E-state index contributed by atoms with van der Waals surface area (Å²) in [5.74, 6) is 1.41. The van der Waals surface area contributed by atoms with E-state index in [1.807, 2.05) is 6.92 Å². The van der Waals surface area contributed by atoms with Crippen molar-refractivity contribution in [2.24, 2.45) is 11.8 Å². The van der Waals surface area contributed by atoms with E-state index in [4.69, 9.17) is 0 Å². The number of nitrogens with one attached hydrogen (secondary N) is 1. The lowest BCUT2D eigenvalue weighted by Gasteiger charge is -2.41. The molecule has 94 valence electrons. The Bertz CT molecular complexity index is 525. The molecule has 0 aliphatic heterocycles. The van der Waals surface area contributed by atoms with E-state index in [2.05, 4.69) is 17.5 Å². The number of rotatable bonds is 3. The van der Waals surface area contributed by atoms with E-state index >= 15 is 0 Å². The van der Waals surface area contributed by atoms with Crippen molar-refractivity contribution >= 4 is 11.4 Å². The van der Waals surface area contributed by atoms with Crippen LogP contribution in [-0.4, -0.2) is 11.0 Å². The molecule has 18 heavy (non-hydrogen) atoms. The van der Waals surface area contributed by atoms with Crippen molar-refractivity contribution < 1.29 is 4.92 Å². The maximum atomic E-state index is 10.8. The van der Waals surface area contributed by atoms with Crippen LogP contribution in [-0.2, 0) is 0 Å².